The van der Waals surface area contributed by atoms with Gasteiger partial charge in [0.1, 0.15) is 0 Å². The number of pyridine rings is 1. The van der Waals surface area contributed by atoms with Crippen molar-refractivity contribution >= 4 is 28.1 Å². The fourth-order valence-electron chi connectivity index (χ4n) is 6.80. The molecule has 0 bridgehead atoms. The highest BCUT2D eigenvalue weighted by molar-refractivity contribution is 7.15. The predicted octanol–water partition coefficient (Wildman–Crippen LogP) is 4.15. The number of fused-ring (bicyclic) bond motifs is 2. The van der Waals surface area contributed by atoms with Crippen molar-refractivity contribution in [2.45, 2.75) is 83.3 Å². The second kappa shape index (κ2) is 9.21. The number of amides is 1. The van der Waals surface area contributed by atoms with Gasteiger partial charge in [0.15, 0.2) is 5.13 Å². The number of nitrogens with one attached hydrogen (secondary N) is 2. The van der Waals surface area contributed by atoms with Crippen molar-refractivity contribution in [1.29, 1.82) is 0 Å². The molecule has 0 aromatic carbocycles. The Labute approximate surface area is 205 Å². The van der Waals surface area contributed by atoms with Crippen molar-refractivity contribution < 1.29 is 15.0 Å². The third-order valence-corrected chi connectivity index (χ3v) is 9.93. The van der Waals surface area contributed by atoms with Gasteiger partial charge in [-0.15, -0.1) is 11.3 Å². The summed E-state index contributed by atoms with van der Waals surface area (Å²) >= 11 is 1.62. The lowest BCUT2D eigenvalue weighted by Gasteiger charge is -2.58. The molecule has 5 atom stereocenters. The Hall–Kier alpha value is -2.03. The van der Waals surface area contributed by atoms with Gasteiger partial charge in [0.05, 0.1) is 30.3 Å². The van der Waals surface area contributed by atoms with E-state index in [0.29, 0.717) is 12.8 Å². The van der Waals surface area contributed by atoms with Crippen molar-refractivity contribution in [3.8, 4) is 0 Å². The summed E-state index contributed by atoms with van der Waals surface area (Å²) in [5.41, 5.74) is 1.05. The summed E-state index contributed by atoms with van der Waals surface area (Å²) in [4.78, 5) is 23.6. The van der Waals surface area contributed by atoms with Crippen molar-refractivity contribution in [2.24, 2.45) is 16.7 Å². The van der Waals surface area contributed by atoms with Crippen LogP contribution in [0.15, 0.2) is 24.5 Å². The lowest BCUT2D eigenvalue weighted by atomic mass is 9.47. The van der Waals surface area contributed by atoms with Crippen LogP contribution in [0.1, 0.15) is 75.3 Å². The van der Waals surface area contributed by atoms with Crippen LogP contribution in [-0.2, 0) is 11.2 Å². The highest BCUT2D eigenvalue weighted by Crippen LogP contribution is 2.62. The molecule has 3 aliphatic carbocycles. The number of aromatic nitrogens is 2. The van der Waals surface area contributed by atoms with E-state index in [4.69, 9.17) is 4.98 Å². The number of carbonyl (C=O) groups is 1. The maximum atomic E-state index is 13.2. The van der Waals surface area contributed by atoms with E-state index in [0.717, 1.165) is 47.1 Å². The maximum Gasteiger partial charge on any atom is 0.220 e. The molecule has 2 fully saturated rings. The standard InChI is InChI=1S/C26H36N4O3S/c1-25-10-9-21(32)26(2,15-31)20(25)13-19-23(18(25)12-22(33)28-16-6-3-4-7-16)30-24(34-19)29-17-8-5-11-27-14-17/h5,8,11,14,16,18,20-21,31-32H,3-4,6-7,9-10,12-13,15H2,1-2H3,(H,28,33)(H,29,30). The van der Waals surface area contributed by atoms with Crippen LogP contribution in [0.25, 0.3) is 0 Å². The summed E-state index contributed by atoms with van der Waals surface area (Å²) in [5, 5.41) is 28.8. The largest absolute Gasteiger partial charge is 0.396 e. The van der Waals surface area contributed by atoms with E-state index in [-0.39, 0.29) is 35.8 Å². The lowest BCUT2D eigenvalue weighted by molar-refractivity contribution is -0.144. The lowest BCUT2D eigenvalue weighted by Crippen LogP contribution is -2.57. The molecule has 2 saturated carbocycles. The third-order valence-electron chi connectivity index (χ3n) is 8.92. The first kappa shape index (κ1) is 23.7. The van der Waals surface area contributed by atoms with Gasteiger partial charge in [-0.1, -0.05) is 26.7 Å². The van der Waals surface area contributed by atoms with Gasteiger partial charge >= 0.3 is 0 Å². The molecule has 0 spiro atoms. The molecular weight excluding hydrogens is 448 g/mol. The van der Waals surface area contributed by atoms with E-state index in [1.807, 2.05) is 19.1 Å². The molecule has 3 aliphatic rings. The van der Waals surface area contributed by atoms with Crippen molar-refractivity contribution in [1.82, 2.24) is 15.3 Å². The van der Waals surface area contributed by atoms with Crippen LogP contribution in [0, 0.1) is 16.7 Å². The zero-order chi connectivity index (χ0) is 23.9. The molecule has 0 saturated heterocycles. The monoisotopic (exact) mass is 484 g/mol. The Balaban J connectivity index is 1.49. The second-order valence-corrected chi connectivity index (χ2v) is 12.1. The molecule has 2 aromatic rings. The maximum absolute atomic E-state index is 13.2. The van der Waals surface area contributed by atoms with Crippen LogP contribution in [0.3, 0.4) is 0 Å². The molecule has 0 aliphatic heterocycles. The first-order valence-corrected chi connectivity index (χ1v) is 13.4. The number of carbonyl (C=O) groups excluding carboxylic acids is 1. The third kappa shape index (κ3) is 4.14. The van der Waals surface area contributed by atoms with Gasteiger partial charge in [0, 0.05) is 34.9 Å². The minimum atomic E-state index is -0.605. The van der Waals surface area contributed by atoms with Gasteiger partial charge in [0.25, 0.3) is 0 Å². The van der Waals surface area contributed by atoms with Crippen LogP contribution >= 0.6 is 11.3 Å². The number of rotatable bonds is 6. The molecular formula is C26H36N4O3S. The highest BCUT2D eigenvalue weighted by Gasteiger charge is 2.59. The van der Waals surface area contributed by atoms with Crippen LogP contribution < -0.4 is 10.6 Å². The molecule has 2 aromatic heterocycles. The Bertz CT molecular complexity index is 1020. The molecule has 0 radical (unpaired) electrons. The number of aliphatic hydroxyl groups excluding tert-OH is 2. The van der Waals surface area contributed by atoms with E-state index in [1.165, 1.54) is 12.8 Å². The van der Waals surface area contributed by atoms with E-state index in [2.05, 4.69) is 22.5 Å². The number of hydrogen-bond donors (Lipinski definition) is 4. The Morgan fingerprint density at radius 2 is 2.06 bits per heavy atom. The van der Waals surface area contributed by atoms with Gasteiger partial charge in [-0.3, -0.25) is 9.78 Å². The van der Waals surface area contributed by atoms with Gasteiger partial charge in [0.2, 0.25) is 5.91 Å². The average molecular weight is 485 g/mol. The number of nitrogens with zero attached hydrogens (tertiary/aromatic N) is 2. The number of hydrogen-bond acceptors (Lipinski definition) is 7. The first-order chi connectivity index (χ1) is 16.3. The first-order valence-electron chi connectivity index (χ1n) is 12.6. The fourth-order valence-corrected chi connectivity index (χ4v) is 7.89. The van der Waals surface area contributed by atoms with Crippen molar-refractivity contribution in [2.75, 3.05) is 11.9 Å². The summed E-state index contributed by atoms with van der Waals surface area (Å²) < 4.78 is 0. The van der Waals surface area contributed by atoms with Crippen LogP contribution in [0.4, 0.5) is 10.8 Å². The van der Waals surface area contributed by atoms with Crippen molar-refractivity contribution in [3.63, 3.8) is 0 Å². The number of anilines is 2. The van der Waals surface area contributed by atoms with E-state index in [1.54, 1.807) is 23.7 Å². The summed E-state index contributed by atoms with van der Waals surface area (Å²) in [5.74, 6) is 0.107. The zero-order valence-electron chi connectivity index (χ0n) is 20.1. The quantitative estimate of drug-likeness (QED) is 0.491. The summed E-state index contributed by atoms with van der Waals surface area (Å²) in [7, 11) is 0. The molecule has 8 heteroatoms. The van der Waals surface area contributed by atoms with Crippen LogP contribution in [0.5, 0.6) is 0 Å². The van der Waals surface area contributed by atoms with E-state index in [9.17, 15) is 15.0 Å². The van der Waals surface area contributed by atoms with Gasteiger partial charge in [-0.2, -0.15) is 0 Å². The molecule has 5 rings (SSSR count). The summed E-state index contributed by atoms with van der Waals surface area (Å²) in [6.07, 6.45) is 10.0. The number of thiazole rings is 1. The molecule has 4 N–H and O–H groups in total. The molecule has 34 heavy (non-hydrogen) atoms. The van der Waals surface area contributed by atoms with Gasteiger partial charge < -0.3 is 20.8 Å². The topological polar surface area (TPSA) is 107 Å². The van der Waals surface area contributed by atoms with Crippen LogP contribution in [0.2, 0.25) is 0 Å². The van der Waals surface area contributed by atoms with Gasteiger partial charge in [-0.25, -0.2) is 4.98 Å². The zero-order valence-corrected chi connectivity index (χ0v) is 20.9. The molecule has 1 amide bonds. The second-order valence-electron chi connectivity index (χ2n) is 11.0. The SMILES string of the molecule is CC1(CO)C(O)CCC2(C)C(CC(=O)NC3CCCC3)c3nc(Nc4cccnc4)sc3CC12. The molecule has 2 heterocycles. The van der Waals surface area contributed by atoms with E-state index < -0.39 is 11.5 Å². The van der Waals surface area contributed by atoms with Crippen molar-refractivity contribution in [3.05, 3.63) is 35.1 Å². The summed E-state index contributed by atoms with van der Waals surface area (Å²) in [6, 6.07) is 4.13. The number of aliphatic hydroxyl groups is 2. The average Bonchev–Trinajstić information content (AvgIpc) is 3.48. The molecule has 184 valence electrons. The summed E-state index contributed by atoms with van der Waals surface area (Å²) in [6.45, 7) is 4.20. The Morgan fingerprint density at radius 3 is 2.76 bits per heavy atom. The smallest absolute Gasteiger partial charge is 0.220 e. The molecule has 5 unspecified atom stereocenters. The predicted molar refractivity (Wildman–Crippen MR) is 133 cm³/mol. The van der Waals surface area contributed by atoms with Gasteiger partial charge in [-0.05, 0) is 55.6 Å². The minimum absolute atomic E-state index is 0.0540. The normalized spacial score (nSPS) is 33.2. The Morgan fingerprint density at radius 1 is 1.26 bits per heavy atom. The Kier molecular flexibility index (Phi) is 6.42. The van der Waals surface area contributed by atoms with Crippen LogP contribution in [-0.4, -0.2) is 44.8 Å². The fraction of sp³-hybridized carbons (Fsp3) is 0.654. The minimum Gasteiger partial charge on any atom is -0.396 e. The van der Waals surface area contributed by atoms with E-state index >= 15 is 0 Å². The molecule has 7 nitrogen and oxygen atoms in total. The highest BCUT2D eigenvalue weighted by atomic mass is 32.1.